The fraction of sp³-hybridized carbons (Fsp3) is 0.381. The van der Waals surface area contributed by atoms with Crippen molar-refractivity contribution in [2.45, 2.75) is 38.6 Å². The van der Waals surface area contributed by atoms with E-state index in [1.807, 2.05) is 24.3 Å². The second-order valence-corrected chi connectivity index (χ2v) is 7.61. The van der Waals surface area contributed by atoms with Crippen LogP contribution in [0, 0.1) is 0 Å². The van der Waals surface area contributed by atoms with Gasteiger partial charge in [-0.25, -0.2) is 0 Å². The van der Waals surface area contributed by atoms with Crippen molar-refractivity contribution in [3.05, 3.63) is 47.5 Å². The molecule has 2 aromatic heterocycles. The number of hydrogen-bond acceptors (Lipinski definition) is 7. The summed E-state index contributed by atoms with van der Waals surface area (Å²) in [6.45, 7) is 4.96. The van der Waals surface area contributed by atoms with E-state index in [1.54, 1.807) is 11.0 Å². The van der Waals surface area contributed by atoms with Crippen LogP contribution in [0.3, 0.4) is 0 Å². The highest BCUT2D eigenvalue weighted by Crippen LogP contribution is 2.37. The first-order valence-electron chi connectivity index (χ1n) is 9.74. The Balaban J connectivity index is 1.37. The van der Waals surface area contributed by atoms with Crippen LogP contribution in [0.25, 0.3) is 11.3 Å². The Bertz CT molecular complexity index is 1050. The van der Waals surface area contributed by atoms with Gasteiger partial charge in [0, 0.05) is 30.2 Å². The summed E-state index contributed by atoms with van der Waals surface area (Å²) in [7, 11) is 0. The maximum Gasteiger partial charge on any atom is 0.276 e. The second kappa shape index (κ2) is 6.95. The Morgan fingerprint density at radius 1 is 1.10 bits per heavy atom. The Morgan fingerprint density at radius 3 is 2.79 bits per heavy atom. The van der Waals surface area contributed by atoms with Crippen LogP contribution in [0.5, 0.6) is 11.5 Å². The van der Waals surface area contributed by atoms with Gasteiger partial charge in [-0.3, -0.25) is 4.79 Å². The summed E-state index contributed by atoms with van der Waals surface area (Å²) < 4.78 is 21.6. The smallest absolute Gasteiger partial charge is 0.276 e. The molecule has 1 amide bonds. The molecule has 1 aromatic carbocycles. The molecule has 1 fully saturated rings. The molecule has 0 aliphatic carbocycles. The normalized spacial score (nSPS) is 18.0. The SMILES string of the molecule is CC(C)c1cc([C@@H]2CCCN2C(=O)c2cc(-c3ccc4c(c3)OCO4)on2)no1. The molecule has 1 saturated heterocycles. The molecule has 29 heavy (non-hydrogen) atoms. The van der Waals surface area contributed by atoms with Crippen LogP contribution < -0.4 is 9.47 Å². The number of fused-ring (bicyclic) bond motifs is 1. The molecule has 0 unspecified atom stereocenters. The van der Waals surface area contributed by atoms with Gasteiger partial charge in [0.15, 0.2) is 23.0 Å². The van der Waals surface area contributed by atoms with Crippen LogP contribution in [0.15, 0.2) is 39.4 Å². The van der Waals surface area contributed by atoms with Gasteiger partial charge in [0.05, 0.1) is 6.04 Å². The van der Waals surface area contributed by atoms with Crippen molar-refractivity contribution in [3.63, 3.8) is 0 Å². The summed E-state index contributed by atoms with van der Waals surface area (Å²) in [5.41, 5.74) is 1.84. The molecule has 8 nitrogen and oxygen atoms in total. The Hall–Kier alpha value is -3.29. The van der Waals surface area contributed by atoms with Gasteiger partial charge in [-0.15, -0.1) is 0 Å². The minimum absolute atomic E-state index is 0.107. The molecule has 4 heterocycles. The molecule has 150 valence electrons. The van der Waals surface area contributed by atoms with Crippen molar-refractivity contribution in [2.75, 3.05) is 13.3 Å². The van der Waals surface area contributed by atoms with Crippen molar-refractivity contribution >= 4 is 5.91 Å². The van der Waals surface area contributed by atoms with Crippen LogP contribution in [0.2, 0.25) is 0 Å². The Morgan fingerprint density at radius 2 is 1.97 bits per heavy atom. The lowest BCUT2D eigenvalue weighted by Gasteiger charge is -2.21. The number of carbonyl (C=O) groups excluding carboxylic acids is 1. The average Bonchev–Trinajstić information content (AvgIpc) is 3.52. The molecule has 2 aliphatic rings. The topological polar surface area (TPSA) is 90.8 Å². The number of amides is 1. The fourth-order valence-electron chi connectivity index (χ4n) is 3.76. The van der Waals surface area contributed by atoms with Crippen LogP contribution in [-0.2, 0) is 0 Å². The van der Waals surface area contributed by atoms with Crippen LogP contribution in [0.1, 0.15) is 60.6 Å². The van der Waals surface area contributed by atoms with Gasteiger partial charge in [-0.05, 0) is 31.0 Å². The Kier molecular flexibility index (Phi) is 4.26. The van der Waals surface area contributed by atoms with Gasteiger partial charge in [0.2, 0.25) is 6.79 Å². The fourth-order valence-corrected chi connectivity index (χ4v) is 3.76. The maximum absolute atomic E-state index is 13.1. The Labute approximate surface area is 167 Å². The largest absolute Gasteiger partial charge is 0.454 e. The van der Waals surface area contributed by atoms with Crippen molar-refractivity contribution in [1.29, 1.82) is 0 Å². The highest BCUT2D eigenvalue weighted by molar-refractivity contribution is 5.93. The van der Waals surface area contributed by atoms with E-state index in [0.717, 1.165) is 29.9 Å². The van der Waals surface area contributed by atoms with Crippen molar-refractivity contribution in [2.24, 2.45) is 0 Å². The van der Waals surface area contributed by atoms with Crippen molar-refractivity contribution in [1.82, 2.24) is 15.2 Å². The first-order valence-corrected chi connectivity index (χ1v) is 9.74. The molecule has 0 radical (unpaired) electrons. The maximum atomic E-state index is 13.1. The monoisotopic (exact) mass is 395 g/mol. The number of nitrogens with zero attached hydrogens (tertiary/aromatic N) is 3. The number of ether oxygens (including phenoxy) is 2. The minimum Gasteiger partial charge on any atom is -0.454 e. The highest BCUT2D eigenvalue weighted by Gasteiger charge is 2.34. The number of likely N-dealkylation sites (tertiary alicyclic amines) is 1. The molecule has 0 spiro atoms. The van der Waals surface area contributed by atoms with Crippen molar-refractivity contribution < 1.29 is 23.3 Å². The van der Waals surface area contributed by atoms with E-state index in [2.05, 4.69) is 24.2 Å². The van der Waals surface area contributed by atoms with E-state index >= 15 is 0 Å². The summed E-state index contributed by atoms with van der Waals surface area (Å²) in [5.74, 6) is 2.76. The number of rotatable bonds is 4. The number of hydrogen-bond donors (Lipinski definition) is 0. The summed E-state index contributed by atoms with van der Waals surface area (Å²) in [5, 5.41) is 8.20. The lowest BCUT2D eigenvalue weighted by molar-refractivity contribution is 0.0720. The predicted molar refractivity (Wildman–Crippen MR) is 102 cm³/mol. The summed E-state index contributed by atoms with van der Waals surface area (Å²) in [6, 6.07) is 8.99. The zero-order chi connectivity index (χ0) is 20.0. The zero-order valence-corrected chi connectivity index (χ0v) is 16.3. The number of carbonyl (C=O) groups is 1. The van der Waals surface area contributed by atoms with E-state index in [9.17, 15) is 4.79 Å². The molecule has 5 rings (SSSR count). The van der Waals surface area contributed by atoms with Crippen molar-refractivity contribution in [3.8, 4) is 22.8 Å². The molecular formula is C21H21N3O5. The third-order valence-electron chi connectivity index (χ3n) is 5.36. The van der Waals surface area contributed by atoms with Gasteiger partial charge in [0.1, 0.15) is 11.5 Å². The van der Waals surface area contributed by atoms with Gasteiger partial charge >= 0.3 is 0 Å². The van der Waals surface area contributed by atoms with Gasteiger partial charge in [-0.2, -0.15) is 0 Å². The van der Waals surface area contributed by atoms with E-state index in [1.165, 1.54) is 0 Å². The molecule has 2 aliphatic heterocycles. The summed E-state index contributed by atoms with van der Waals surface area (Å²) in [6.07, 6.45) is 1.76. The third kappa shape index (κ3) is 3.14. The lowest BCUT2D eigenvalue weighted by atomic mass is 10.1. The zero-order valence-electron chi connectivity index (χ0n) is 16.3. The quantitative estimate of drug-likeness (QED) is 0.655. The average molecular weight is 395 g/mol. The van der Waals surface area contributed by atoms with Gasteiger partial charge < -0.3 is 23.4 Å². The first kappa shape index (κ1) is 17.8. The van der Waals surface area contributed by atoms with E-state index in [-0.39, 0.29) is 30.4 Å². The first-order chi connectivity index (χ1) is 14.1. The van der Waals surface area contributed by atoms with Gasteiger partial charge in [-0.1, -0.05) is 24.2 Å². The van der Waals surface area contributed by atoms with E-state index < -0.39 is 0 Å². The number of aromatic nitrogens is 2. The molecule has 3 aromatic rings. The summed E-state index contributed by atoms with van der Waals surface area (Å²) in [4.78, 5) is 14.9. The van der Waals surface area contributed by atoms with E-state index in [4.69, 9.17) is 18.5 Å². The van der Waals surface area contributed by atoms with Crippen LogP contribution in [0.4, 0.5) is 0 Å². The molecular weight excluding hydrogens is 374 g/mol. The standard InChI is InChI=1S/C21H21N3O5/c1-12(2)18-9-14(22-28-18)16-4-3-7-24(16)21(25)15-10-19(29-23-15)13-5-6-17-20(8-13)27-11-26-17/h5-6,8-10,12,16H,3-4,7,11H2,1-2H3/t16-/m0/s1. The van der Waals surface area contributed by atoms with E-state index in [0.29, 0.717) is 23.8 Å². The van der Waals surface area contributed by atoms with Crippen LogP contribution in [-0.4, -0.2) is 34.5 Å². The predicted octanol–water partition coefficient (Wildman–Crippen LogP) is 4.16. The minimum atomic E-state index is -0.169. The molecule has 0 N–H and O–H groups in total. The van der Waals surface area contributed by atoms with Crippen LogP contribution >= 0.6 is 0 Å². The molecule has 0 saturated carbocycles. The third-order valence-corrected chi connectivity index (χ3v) is 5.36. The van der Waals surface area contributed by atoms with Gasteiger partial charge in [0.25, 0.3) is 5.91 Å². The summed E-state index contributed by atoms with van der Waals surface area (Å²) >= 11 is 0. The number of benzene rings is 1. The molecule has 0 bridgehead atoms. The second-order valence-electron chi connectivity index (χ2n) is 7.61. The highest BCUT2D eigenvalue weighted by atomic mass is 16.7. The molecule has 1 atom stereocenters. The molecule has 8 heteroatoms. The lowest BCUT2D eigenvalue weighted by Crippen LogP contribution is -2.30.